The van der Waals surface area contributed by atoms with Gasteiger partial charge in [0.05, 0.1) is 12.2 Å². The number of aromatic amines is 1. The fraction of sp³-hybridized carbons (Fsp3) is 0.429. The molecule has 29 heavy (non-hydrogen) atoms. The van der Waals surface area contributed by atoms with Crippen LogP contribution in [0.3, 0.4) is 0 Å². The number of rotatable bonds is 6. The minimum absolute atomic E-state index is 0.0352. The monoisotopic (exact) mass is 393 g/mol. The van der Waals surface area contributed by atoms with Crippen molar-refractivity contribution in [2.45, 2.75) is 52.4 Å². The zero-order chi connectivity index (χ0) is 20.4. The summed E-state index contributed by atoms with van der Waals surface area (Å²) in [7, 11) is 0. The third-order valence-corrected chi connectivity index (χ3v) is 5.57. The largest absolute Gasteiger partial charge is 0.348 e. The normalized spacial score (nSPS) is 19.6. The number of nitrogens with one attached hydrogen (secondary N) is 2. The Morgan fingerprint density at radius 3 is 2.72 bits per heavy atom. The topological polar surface area (TPSA) is 91.7 Å². The van der Waals surface area contributed by atoms with Gasteiger partial charge in [0.2, 0.25) is 0 Å². The molecule has 8 heteroatoms. The molecule has 0 unspecified atom stereocenters. The molecule has 2 atom stereocenters. The van der Waals surface area contributed by atoms with E-state index in [9.17, 15) is 4.79 Å². The quantitative estimate of drug-likeness (QED) is 0.671. The molecule has 1 aromatic carbocycles. The van der Waals surface area contributed by atoms with Crippen LogP contribution in [0.15, 0.2) is 36.5 Å². The van der Waals surface area contributed by atoms with Crippen LogP contribution in [-0.4, -0.2) is 48.4 Å². The van der Waals surface area contributed by atoms with Crippen LogP contribution in [0.4, 0.5) is 0 Å². The van der Waals surface area contributed by atoms with Gasteiger partial charge in [-0.3, -0.25) is 19.5 Å². The summed E-state index contributed by atoms with van der Waals surface area (Å²) in [6.07, 6.45) is 2.71. The maximum absolute atomic E-state index is 12.6. The fourth-order valence-corrected chi connectivity index (χ4v) is 4.00. The minimum atomic E-state index is -0.0441. The molecule has 0 aliphatic carbocycles. The third kappa shape index (κ3) is 4.07. The highest BCUT2D eigenvalue weighted by molar-refractivity contribution is 5.94. The summed E-state index contributed by atoms with van der Waals surface area (Å²) in [6, 6.07) is 9.42. The molecule has 0 saturated carbocycles. The molecule has 1 amide bonds. The summed E-state index contributed by atoms with van der Waals surface area (Å²) >= 11 is 0. The van der Waals surface area contributed by atoms with Gasteiger partial charge in [0.25, 0.3) is 5.91 Å². The number of carbonyl (C=O) groups excluding carboxylic acids is 1. The third-order valence-electron chi connectivity index (χ3n) is 5.57. The predicted octanol–water partition coefficient (Wildman–Crippen LogP) is 2.38. The van der Waals surface area contributed by atoms with E-state index in [1.807, 2.05) is 48.1 Å². The highest BCUT2D eigenvalue weighted by atomic mass is 16.1. The number of H-pyrrole nitrogens is 1. The zero-order valence-electron chi connectivity index (χ0n) is 17.1. The molecular formula is C21H27N7O. The van der Waals surface area contributed by atoms with Crippen molar-refractivity contribution in [3.63, 3.8) is 0 Å². The highest BCUT2D eigenvalue weighted by Crippen LogP contribution is 2.32. The number of carbonyl (C=O) groups is 1. The second-order valence-corrected chi connectivity index (χ2v) is 7.57. The standard InChI is InChI=1S/C21H27N7O/c1-4-28-14(2)17(11-22-28)12-27-13-18(10-19(27)20-23-15(3)25-26-20)24-21(29)16-8-6-5-7-9-16/h5-9,11,18-19H,4,10,12-13H2,1-3H3,(H,24,29)(H,23,25,26)/t18-,19-/m0/s1. The van der Waals surface area contributed by atoms with Crippen LogP contribution in [0.5, 0.6) is 0 Å². The average Bonchev–Trinajstić information content (AvgIpc) is 3.42. The smallest absolute Gasteiger partial charge is 0.251 e. The lowest BCUT2D eigenvalue weighted by Crippen LogP contribution is -2.37. The van der Waals surface area contributed by atoms with Crippen LogP contribution in [-0.2, 0) is 13.1 Å². The van der Waals surface area contributed by atoms with Gasteiger partial charge in [0, 0.05) is 42.5 Å². The maximum Gasteiger partial charge on any atom is 0.251 e. The fourth-order valence-electron chi connectivity index (χ4n) is 4.00. The van der Waals surface area contributed by atoms with Gasteiger partial charge in [-0.1, -0.05) is 18.2 Å². The van der Waals surface area contributed by atoms with Crippen LogP contribution in [0.2, 0.25) is 0 Å². The highest BCUT2D eigenvalue weighted by Gasteiger charge is 2.36. The lowest BCUT2D eigenvalue weighted by molar-refractivity contribution is 0.0937. The van der Waals surface area contributed by atoms with Crippen LogP contribution in [0, 0.1) is 13.8 Å². The summed E-state index contributed by atoms with van der Waals surface area (Å²) < 4.78 is 2.01. The number of nitrogens with zero attached hydrogens (tertiary/aromatic N) is 5. The molecule has 2 N–H and O–H groups in total. The molecule has 0 spiro atoms. The first-order chi connectivity index (χ1) is 14.0. The second-order valence-electron chi connectivity index (χ2n) is 7.57. The molecule has 0 bridgehead atoms. The van der Waals surface area contributed by atoms with Crippen molar-refractivity contribution >= 4 is 5.91 Å². The van der Waals surface area contributed by atoms with E-state index in [4.69, 9.17) is 0 Å². The van der Waals surface area contributed by atoms with Gasteiger partial charge in [0.15, 0.2) is 5.82 Å². The lowest BCUT2D eigenvalue weighted by Gasteiger charge is -2.21. The van der Waals surface area contributed by atoms with E-state index in [-0.39, 0.29) is 18.0 Å². The van der Waals surface area contributed by atoms with Crippen molar-refractivity contribution in [3.05, 3.63) is 65.0 Å². The average molecular weight is 393 g/mol. The van der Waals surface area contributed by atoms with Gasteiger partial charge >= 0.3 is 0 Å². The van der Waals surface area contributed by atoms with Gasteiger partial charge in [-0.05, 0) is 39.3 Å². The van der Waals surface area contributed by atoms with E-state index in [2.05, 4.69) is 44.3 Å². The first kappa shape index (κ1) is 19.3. The van der Waals surface area contributed by atoms with E-state index in [0.29, 0.717) is 5.56 Å². The number of aryl methyl sites for hydroxylation is 2. The molecule has 8 nitrogen and oxygen atoms in total. The van der Waals surface area contributed by atoms with Gasteiger partial charge < -0.3 is 5.32 Å². The van der Waals surface area contributed by atoms with Crippen molar-refractivity contribution in [1.82, 2.24) is 35.2 Å². The maximum atomic E-state index is 12.6. The second kappa shape index (κ2) is 8.16. The van der Waals surface area contributed by atoms with Crippen molar-refractivity contribution in [1.29, 1.82) is 0 Å². The Balaban J connectivity index is 1.53. The van der Waals surface area contributed by atoms with E-state index in [1.54, 1.807) is 0 Å². The van der Waals surface area contributed by atoms with Crippen molar-refractivity contribution < 1.29 is 4.79 Å². The SMILES string of the molecule is CCn1ncc(CN2C[C@@H](NC(=O)c3ccccc3)C[C@H]2c2n[nH]c(C)n2)c1C. The molecule has 152 valence electrons. The van der Waals surface area contributed by atoms with Gasteiger partial charge in [-0.25, -0.2) is 4.98 Å². The summed E-state index contributed by atoms with van der Waals surface area (Å²) in [5.41, 5.74) is 3.05. The Morgan fingerprint density at radius 1 is 1.28 bits per heavy atom. The van der Waals surface area contributed by atoms with Crippen molar-refractivity contribution in [3.8, 4) is 0 Å². The summed E-state index contributed by atoms with van der Waals surface area (Å²) in [6.45, 7) is 8.44. The number of hydrogen-bond acceptors (Lipinski definition) is 5. The summed E-state index contributed by atoms with van der Waals surface area (Å²) in [5.74, 6) is 1.53. The van der Waals surface area contributed by atoms with Crippen LogP contribution in [0.1, 0.15) is 52.7 Å². The Bertz CT molecular complexity index is 978. The Hall–Kier alpha value is -3.00. The number of likely N-dealkylation sites (tertiary alicyclic amines) is 1. The lowest BCUT2D eigenvalue weighted by atomic mass is 10.1. The van der Waals surface area contributed by atoms with E-state index in [0.717, 1.165) is 37.7 Å². The van der Waals surface area contributed by atoms with E-state index >= 15 is 0 Å². The molecular weight excluding hydrogens is 366 g/mol. The molecule has 1 aliphatic rings. The Labute approximate surface area is 170 Å². The molecule has 2 aromatic heterocycles. The van der Waals surface area contributed by atoms with Crippen LogP contribution >= 0.6 is 0 Å². The van der Waals surface area contributed by atoms with Crippen LogP contribution < -0.4 is 5.32 Å². The molecule has 3 heterocycles. The van der Waals surface area contributed by atoms with Crippen molar-refractivity contribution in [2.75, 3.05) is 6.54 Å². The zero-order valence-corrected chi connectivity index (χ0v) is 17.1. The number of amides is 1. The summed E-state index contributed by atoms with van der Waals surface area (Å²) in [5, 5.41) is 15.0. The number of aromatic nitrogens is 5. The Morgan fingerprint density at radius 2 is 2.07 bits per heavy atom. The van der Waals surface area contributed by atoms with E-state index < -0.39 is 0 Å². The molecule has 1 saturated heterocycles. The van der Waals surface area contributed by atoms with Crippen LogP contribution in [0.25, 0.3) is 0 Å². The van der Waals surface area contributed by atoms with Gasteiger partial charge in [-0.2, -0.15) is 10.2 Å². The molecule has 1 fully saturated rings. The molecule has 4 rings (SSSR count). The first-order valence-electron chi connectivity index (χ1n) is 10.0. The predicted molar refractivity (Wildman–Crippen MR) is 109 cm³/mol. The van der Waals surface area contributed by atoms with Gasteiger partial charge in [-0.15, -0.1) is 0 Å². The summed E-state index contributed by atoms with van der Waals surface area (Å²) in [4.78, 5) is 19.5. The number of benzene rings is 1. The molecule has 0 radical (unpaired) electrons. The molecule has 3 aromatic rings. The Kier molecular flexibility index (Phi) is 5.44. The van der Waals surface area contributed by atoms with Crippen molar-refractivity contribution in [2.24, 2.45) is 0 Å². The molecule has 1 aliphatic heterocycles. The minimum Gasteiger partial charge on any atom is -0.348 e. The number of hydrogen-bond donors (Lipinski definition) is 2. The van der Waals surface area contributed by atoms with E-state index in [1.165, 1.54) is 11.3 Å². The first-order valence-corrected chi connectivity index (χ1v) is 10.0. The van der Waals surface area contributed by atoms with Gasteiger partial charge in [0.1, 0.15) is 5.82 Å².